The van der Waals surface area contributed by atoms with Crippen molar-refractivity contribution in [1.29, 1.82) is 0 Å². The lowest BCUT2D eigenvalue weighted by molar-refractivity contribution is -0.146. The molecule has 1 aromatic carbocycles. The van der Waals surface area contributed by atoms with E-state index in [1.54, 1.807) is 6.07 Å². The largest absolute Gasteiger partial charge is 0.453 e. The molecule has 0 atom stereocenters. The minimum absolute atomic E-state index is 0.0885. The standard InChI is InChI=1S/C21H25F3N6/c1-15(2)13-16-3-5-17(6-4-16)14-28-9-11-29(12-10-28)19-8-7-18-25-26-20(21(22,23)24)30(18)27-19/h3-8,15H,9-14H2,1-2H3. The molecular weight excluding hydrogens is 393 g/mol. The zero-order valence-corrected chi connectivity index (χ0v) is 17.1. The van der Waals surface area contributed by atoms with E-state index in [0.29, 0.717) is 24.8 Å². The number of benzene rings is 1. The molecule has 0 saturated carbocycles. The summed E-state index contributed by atoms with van der Waals surface area (Å²) in [6.07, 6.45) is -3.51. The van der Waals surface area contributed by atoms with Crippen LogP contribution >= 0.6 is 0 Å². The molecule has 0 radical (unpaired) electrons. The van der Waals surface area contributed by atoms with Gasteiger partial charge in [-0.15, -0.1) is 15.3 Å². The predicted octanol–water partition coefficient (Wildman–Crippen LogP) is 3.66. The van der Waals surface area contributed by atoms with E-state index in [9.17, 15) is 13.2 Å². The summed E-state index contributed by atoms with van der Waals surface area (Å²) in [4.78, 5) is 4.36. The van der Waals surface area contributed by atoms with Crippen LogP contribution in [0.5, 0.6) is 0 Å². The van der Waals surface area contributed by atoms with Crippen LogP contribution in [0.25, 0.3) is 5.65 Å². The van der Waals surface area contributed by atoms with Gasteiger partial charge in [0.2, 0.25) is 0 Å². The van der Waals surface area contributed by atoms with Gasteiger partial charge in [0.25, 0.3) is 5.82 Å². The van der Waals surface area contributed by atoms with Gasteiger partial charge >= 0.3 is 6.18 Å². The van der Waals surface area contributed by atoms with Crippen LogP contribution in [0.4, 0.5) is 19.0 Å². The number of alkyl halides is 3. The molecule has 1 saturated heterocycles. The molecule has 3 aromatic rings. The molecule has 0 aliphatic carbocycles. The molecule has 4 rings (SSSR count). The molecule has 30 heavy (non-hydrogen) atoms. The van der Waals surface area contributed by atoms with Crippen molar-refractivity contribution in [2.45, 2.75) is 33.0 Å². The molecule has 0 bridgehead atoms. The third-order valence-electron chi connectivity index (χ3n) is 5.27. The molecule has 9 heteroatoms. The summed E-state index contributed by atoms with van der Waals surface area (Å²) in [6, 6.07) is 12.0. The SMILES string of the molecule is CC(C)Cc1ccc(CN2CCN(c3ccc4nnc(C(F)(F)F)n4n3)CC2)cc1. The van der Waals surface area contributed by atoms with Crippen LogP contribution in [-0.4, -0.2) is 50.9 Å². The number of rotatable bonds is 5. The fraction of sp³-hybridized carbons (Fsp3) is 0.476. The smallest absolute Gasteiger partial charge is 0.353 e. The maximum atomic E-state index is 13.1. The van der Waals surface area contributed by atoms with Gasteiger partial charge in [0.15, 0.2) is 5.65 Å². The van der Waals surface area contributed by atoms with Gasteiger partial charge in [0, 0.05) is 32.7 Å². The van der Waals surface area contributed by atoms with E-state index in [2.05, 4.69) is 58.3 Å². The Bertz CT molecular complexity index is 988. The van der Waals surface area contributed by atoms with Crippen molar-refractivity contribution >= 4 is 11.5 Å². The lowest BCUT2D eigenvalue weighted by atomic mass is 10.0. The van der Waals surface area contributed by atoms with E-state index >= 15 is 0 Å². The minimum atomic E-state index is -4.59. The van der Waals surface area contributed by atoms with E-state index < -0.39 is 12.0 Å². The molecule has 0 amide bonds. The van der Waals surface area contributed by atoms with Gasteiger partial charge in [0.05, 0.1) is 0 Å². The van der Waals surface area contributed by atoms with Crippen molar-refractivity contribution in [2.24, 2.45) is 5.92 Å². The van der Waals surface area contributed by atoms with E-state index in [0.717, 1.165) is 30.6 Å². The van der Waals surface area contributed by atoms with Crippen molar-refractivity contribution in [3.8, 4) is 0 Å². The number of halogens is 3. The molecule has 0 spiro atoms. The molecule has 0 unspecified atom stereocenters. The van der Waals surface area contributed by atoms with Crippen molar-refractivity contribution in [1.82, 2.24) is 24.7 Å². The third kappa shape index (κ3) is 4.56. The summed E-state index contributed by atoms with van der Waals surface area (Å²) < 4.78 is 40.0. The first-order valence-electron chi connectivity index (χ1n) is 10.1. The number of hydrogen-bond acceptors (Lipinski definition) is 5. The average molecular weight is 418 g/mol. The Morgan fingerprint density at radius 1 is 0.900 bits per heavy atom. The summed E-state index contributed by atoms with van der Waals surface area (Å²) in [5, 5.41) is 10.9. The topological polar surface area (TPSA) is 49.6 Å². The van der Waals surface area contributed by atoms with Crippen molar-refractivity contribution in [3.63, 3.8) is 0 Å². The highest BCUT2D eigenvalue weighted by Crippen LogP contribution is 2.28. The van der Waals surface area contributed by atoms with E-state index in [4.69, 9.17) is 0 Å². The van der Waals surface area contributed by atoms with Crippen LogP contribution in [0.1, 0.15) is 30.8 Å². The Labute approximate surface area is 173 Å². The van der Waals surface area contributed by atoms with E-state index in [1.165, 1.54) is 17.2 Å². The highest BCUT2D eigenvalue weighted by atomic mass is 19.4. The molecule has 1 aliphatic rings. The van der Waals surface area contributed by atoms with Gasteiger partial charge in [-0.2, -0.15) is 17.7 Å². The number of nitrogens with zero attached hydrogens (tertiary/aromatic N) is 6. The fourth-order valence-electron chi connectivity index (χ4n) is 3.77. The van der Waals surface area contributed by atoms with Crippen LogP contribution < -0.4 is 4.90 Å². The second-order valence-corrected chi connectivity index (χ2v) is 8.16. The van der Waals surface area contributed by atoms with Crippen LogP contribution in [0.2, 0.25) is 0 Å². The summed E-state index contributed by atoms with van der Waals surface area (Å²) in [5.41, 5.74) is 2.72. The van der Waals surface area contributed by atoms with Crippen LogP contribution in [0.3, 0.4) is 0 Å². The van der Waals surface area contributed by atoms with Crippen molar-refractivity contribution < 1.29 is 13.2 Å². The highest BCUT2D eigenvalue weighted by molar-refractivity contribution is 5.46. The maximum absolute atomic E-state index is 13.1. The number of fused-ring (bicyclic) bond motifs is 1. The first-order valence-corrected chi connectivity index (χ1v) is 10.1. The predicted molar refractivity (Wildman–Crippen MR) is 108 cm³/mol. The lowest BCUT2D eigenvalue weighted by Gasteiger charge is -2.35. The Morgan fingerprint density at radius 2 is 1.57 bits per heavy atom. The number of piperazine rings is 1. The van der Waals surface area contributed by atoms with Gasteiger partial charge in [-0.25, -0.2) is 0 Å². The first kappa shape index (κ1) is 20.6. The number of hydrogen-bond donors (Lipinski definition) is 0. The molecule has 2 aromatic heterocycles. The summed E-state index contributed by atoms with van der Waals surface area (Å²) in [5.74, 6) is 0.0476. The molecule has 1 fully saturated rings. The molecule has 160 valence electrons. The van der Waals surface area contributed by atoms with Crippen LogP contribution in [0.15, 0.2) is 36.4 Å². The number of aromatic nitrogens is 4. The fourth-order valence-corrected chi connectivity index (χ4v) is 3.77. The Hall–Kier alpha value is -2.68. The zero-order chi connectivity index (χ0) is 21.3. The summed E-state index contributed by atoms with van der Waals surface area (Å²) in [7, 11) is 0. The Morgan fingerprint density at radius 3 is 2.20 bits per heavy atom. The molecular formula is C21H25F3N6. The normalized spacial score (nSPS) is 16.0. The highest BCUT2D eigenvalue weighted by Gasteiger charge is 2.37. The second kappa shape index (κ2) is 8.22. The molecule has 3 heterocycles. The molecule has 0 N–H and O–H groups in total. The van der Waals surface area contributed by atoms with E-state index in [1.807, 2.05) is 4.90 Å². The molecule has 6 nitrogen and oxygen atoms in total. The van der Waals surface area contributed by atoms with Crippen LogP contribution in [0, 0.1) is 5.92 Å². The monoisotopic (exact) mass is 418 g/mol. The average Bonchev–Trinajstić information content (AvgIpc) is 3.13. The second-order valence-electron chi connectivity index (χ2n) is 8.16. The minimum Gasteiger partial charge on any atom is -0.353 e. The zero-order valence-electron chi connectivity index (χ0n) is 17.1. The maximum Gasteiger partial charge on any atom is 0.453 e. The lowest BCUT2D eigenvalue weighted by Crippen LogP contribution is -2.46. The third-order valence-corrected chi connectivity index (χ3v) is 5.27. The Kier molecular flexibility index (Phi) is 5.64. The van der Waals surface area contributed by atoms with Gasteiger partial charge < -0.3 is 4.90 Å². The van der Waals surface area contributed by atoms with Gasteiger partial charge in [0.1, 0.15) is 5.82 Å². The van der Waals surface area contributed by atoms with E-state index in [-0.39, 0.29) is 5.65 Å². The summed E-state index contributed by atoms with van der Waals surface area (Å²) >= 11 is 0. The van der Waals surface area contributed by atoms with Gasteiger partial charge in [-0.1, -0.05) is 38.1 Å². The van der Waals surface area contributed by atoms with Crippen molar-refractivity contribution in [3.05, 3.63) is 53.3 Å². The number of anilines is 1. The van der Waals surface area contributed by atoms with Crippen LogP contribution in [-0.2, 0) is 19.1 Å². The summed E-state index contributed by atoms with van der Waals surface area (Å²) in [6.45, 7) is 8.34. The van der Waals surface area contributed by atoms with Crippen molar-refractivity contribution in [2.75, 3.05) is 31.1 Å². The Balaban J connectivity index is 1.38. The van der Waals surface area contributed by atoms with Gasteiger partial charge in [-0.05, 0) is 35.6 Å². The van der Waals surface area contributed by atoms with Gasteiger partial charge in [-0.3, -0.25) is 4.90 Å². The quantitative estimate of drug-likeness (QED) is 0.633. The first-order chi connectivity index (χ1) is 14.3. The molecule has 1 aliphatic heterocycles.